The largest absolute Gasteiger partial charge is 0.444 e. The molecule has 0 aliphatic carbocycles. The van der Waals surface area contributed by atoms with Crippen LogP contribution in [0.2, 0.25) is 0 Å². The molecule has 5 nitrogen and oxygen atoms in total. The lowest BCUT2D eigenvalue weighted by molar-refractivity contribution is -0.127. The molecule has 0 radical (unpaired) electrons. The Morgan fingerprint density at radius 1 is 1.50 bits per heavy atom. The Hall–Kier alpha value is -1.65. The number of ether oxygens (including phenoxy) is 1. The number of hydrogen-bond acceptors (Lipinski definition) is 4. The minimum atomic E-state index is -0.861. The highest BCUT2D eigenvalue weighted by Crippen LogP contribution is 2.40. The second kappa shape index (κ2) is 5.77. The van der Waals surface area contributed by atoms with Crippen LogP contribution in [0, 0.1) is 5.41 Å². The molecule has 1 rings (SSSR count). The van der Waals surface area contributed by atoms with Crippen molar-refractivity contribution in [2.45, 2.75) is 52.2 Å². The summed E-state index contributed by atoms with van der Waals surface area (Å²) in [5, 5.41) is 0. The lowest BCUT2D eigenvalue weighted by Crippen LogP contribution is -2.43. The Labute approximate surface area is 120 Å². The lowest BCUT2D eigenvalue weighted by Gasteiger charge is -2.33. The Morgan fingerprint density at radius 3 is 2.55 bits per heavy atom. The van der Waals surface area contributed by atoms with Crippen LogP contribution in [0.15, 0.2) is 12.7 Å². The van der Waals surface area contributed by atoms with Gasteiger partial charge in [-0.1, -0.05) is 6.08 Å². The molecule has 112 valence electrons. The first-order chi connectivity index (χ1) is 9.18. The van der Waals surface area contributed by atoms with Crippen molar-refractivity contribution in [2.75, 3.05) is 6.54 Å². The van der Waals surface area contributed by atoms with Crippen molar-refractivity contribution in [3.63, 3.8) is 0 Å². The average molecular weight is 281 g/mol. The smallest absolute Gasteiger partial charge is 0.410 e. The monoisotopic (exact) mass is 281 g/mol. The number of nitrogens with zero attached hydrogens (tertiary/aromatic N) is 1. The topological polar surface area (TPSA) is 63.7 Å². The number of aldehydes is 1. The van der Waals surface area contributed by atoms with Crippen molar-refractivity contribution in [2.24, 2.45) is 5.41 Å². The highest BCUT2D eigenvalue weighted by Gasteiger charge is 2.52. The molecule has 0 aromatic rings. The SMILES string of the molecule is C=CC[C@]1(CC=O)C(=O)CN(C(=O)OC(C)(C)C)[C@@H]1C. The van der Waals surface area contributed by atoms with Gasteiger partial charge in [-0.25, -0.2) is 4.79 Å². The van der Waals surface area contributed by atoms with E-state index >= 15 is 0 Å². The molecule has 1 saturated heterocycles. The molecule has 0 aromatic carbocycles. The number of likely N-dealkylation sites (tertiary alicyclic amines) is 1. The van der Waals surface area contributed by atoms with Crippen LogP contribution in [0.25, 0.3) is 0 Å². The minimum absolute atomic E-state index is 0.0161. The van der Waals surface area contributed by atoms with Gasteiger partial charge in [0.2, 0.25) is 0 Å². The van der Waals surface area contributed by atoms with Gasteiger partial charge in [0.25, 0.3) is 0 Å². The molecule has 0 aromatic heterocycles. The molecule has 0 N–H and O–H groups in total. The van der Waals surface area contributed by atoms with Crippen LogP contribution in [-0.2, 0) is 14.3 Å². The molecular weight excluding hydrogens is 258 g/mol. The summed E-state index contributed by atoms with van der Waals surface area (Å²) in [6.45, 7) is 10.7. The van der Waals surface area contributed by atoms with Crippen LogP contribution in [-0.4, -0.2) is 41.3 Å². The summed E-state index contributed by atoms with van der Waals surface area (Å²) < 4.78 is 5.31. The summed E-state index contributed by atoms with van der Waals surface area (Å²) in [4.78, 5) is 36.8. The van der Waals surface area contributed by atoms with Crippen molar-refractivity contribution in [3.8, 4) is 0 Å². The van der Waals surface area contributed by atoms with Crippen molar-refractivity contribution in [1.29, 1.82) is 0 Å². The van der Waals surface area contributed by atoms with E-state index in [2.05, 4.69) is 6.58 Å². The fourth-order valence-electron chi connectivity index (χ4n) is 2.58. The molecule has 0 spiro atoms. The minimum Gasteiger partial charge on any atom is -0.444 e. The molecule has 20 heavy (non-hydrogen) atoms. The van der Waals surface area contributed by atoms with E-state index in [-0.39, 0.29) is 24.8 Å². The van der Waals surface area contributed by atoms with Crippen LogP contribution in [0.4, 0.5) is 4.79 Å². The van der Waals surface area contributed by atoms with E-state index in [0.29, 0.717) is 6.42 Å². The normalized spacial score (nSPS) is 26.5. The second-order valence-corrected chi connectivity index (χ2v) is 6.23. The van der Waals surface area contributed by atoms with Crippen LogP contribution in [0.3, 0.4) is 0 Å². The third kappa shape index (κ3) is 3.08. The summed E-state index contributed by atoms with van der Waals surface area (Å²) in [5.41, 5.74) is -1.48. The number of Topliss-reactive ketones (excluding diaryl/α,β-unsaturated/α-hetero) is 1. The van der Waals surface area contributed by atoms with Gasteiger partial charge in [0.1, 0.15) is 11.9 Å². The summed E-state index contributed by atoms with van der Waals surface area (Å²) in [7, 11) is 0. The zero-order chi connectivity index (χ0) is 15.6. The van der Waals surface area contributed by atoms with E-state index < -0.39 is 17.1 Å². The van der Waals surface area contributed by atoms with E-state index in [9.17, 15) is 14.4 Å². The number of rotatable bonds is 4. The summed E-state index contributed by atoms with van der Waals surface area (Å²) in [6.07, 6.45) is 2.31. The number of hydrogen-bond donors (Lipinski definition) is 0. The molecule has 0 bridgehead atoms. The molecule has 1 heterocycles. The molecule has 0 unspecified atom stereocenters. The number of ketones is 1. The number of carbonyl (C=O) groups is 3. The summed E-state index contributed by atoms with van der Waals surface area (Å²) >= 11 is 0. The molecule has 5 heteroatoms. The van der Waals surface area contributed by atoms with E-state index in [4.69, 9.17) is 4.74 Å². The van der Waals surface area contributed by atoms with Crippen LogP contribution in [0.5, 0.6) is 0 Å². The average Bonchev–Trinajstić information content (AvgIpc) is 2.53. The lowest BCUT2D eigenvalue weighted by atomic mass is 9.74. The first-order valence-corrected chi connectivity index (χ1v) is 6.75. The fraction of sp³-hybridized carbons (Fsp3) is 0.667. The predicted octanol–water partition coefficient (Wildman–Crippen LogP) is 2.35. The maximum atomic E-state index is 12.3. The number of carbonyl (C=O) groups excluding carboxylic acids is 3. The highest BCUT2D eigenvalue weighted by atomic mass is 16.6. The Balaban J connectivity index is 3.00. The van der Waals surface area contributed by atoms with Gasteiger partial charge >= 0.3 is 6.09 Å². The molecule has 2 atom stereocenters. The van der Waals surface area contributed by atoms with Gasteiger partial charge in [-0.15, -0.1) is 6.58 Å². The van der Waals surface area contributed by atoms with Gasteiger partial charge in [0, 0.05) is 12.5 Å². The van der Waals surface area contributed by atoms with E-state index in [0.717, 1.165) is 6.29 Å². The standard InChI is InChI=1S/C15H23NO4/c1-6-7-15(8-9-17)11(2)16(10-12(15)18)13(19)20-14(3,4)5/h6,9,11H,1,7-8,10H2,2-5H3/t11-,15-/m1/s1. The Bertz CT molecular complexity index is 412. The van der Waals surface area contributed by atoms with Gasteiger partial charge in [0.05, 0.1) is 12.0 Å². The van der Waals surface area contributed by atoms with E-state index in [1.54, 1.807) is 33.8 Å². The van der Waals surface area contributed by atoms with Crippen molar-refractivity contribution >= 4 is 18.2 Å². The zero-order valence-electron chi connectivity index (χ0n) is 12.6. The van der Waals surface area contributed by atoms with Crippen LogP contribution in [0.1, 0.15) is 40.5 Å². The molecule has 1 aliphatic heterocycles. The Morgan fingerprint density at radius 2 is 2.10 bits per heavy atom. The molecule has 1 amide bonds. The van der Waals surface area contributed by atoms with Crippen molar-refractivity contribution in [1.82, 2.24) is 4.90 Å². The van der Waals surface area contributed by atoms with Gasteiger partial charge in [-0.05, 0) is 34.1 Å². The van der Waals surface area contributed by atoms with E-state index in [1.165, 1.54) is 4.90 Å². The number of amides is 1. The molecule has 1 fully saturated rings. The third-order valence-corrected chi connectivity index (χ3v) is 3.72. The van der Waals surface area contributed by atoms with E-state index in [1.807, 2.05) is 0 Å². The van der Waals surface area contributed by atoms with Crippen LogP contribution < -0.4 is 0 Å². The van der Waals surface area contributed by atoms with Gasteiger partial charge in [0.15, 0.2) is 5.78 Å². The maximum Gasteiger partial charge on any atom is 0.410 e. The fourth-order valence-corrected chi connectivity index (χ4v) is 2.58. The van der Waals surface area contributed by atoms with Crippen molar-refractivity contribution < 1.29 is 19.1 Å². The Kier molecular flexibility index (Phi) is 4.73. The maximum absolute atomic E-state index is 12.3. The highest BCUT2D eigenvalue weighted by molar-refractivity contribution is 5.95. The van der Waals surface area contributed by atoms with Gasteiger partial charge < -0.3 is 9.53 Å². The summed E-state index contributed by atoms with van der Waals surface area (Å²) in [5.74, 6) is -0.108. The van der Waals surface area contributed by atoms with Crippen molar-refractivity contribution in [3.05, 3.63) is 12.7 Å². The zero-order valence-corrected chi connectivity index (χ0v) is 12.6. The molecular formula is C15H23NO4. The van der Waals surface area contributed by atoms with Gasteiger partial charge in [-0.2, -0.15) is 0 Å². The third-order valence-electron chi connectivity index (χ3n) is 3.72. The first kappa shape index (κ1) is 16.4. The van der Waals surface area contributed by atoms with Gasteiger partial charge in [-0.3, -0.25) is 9.69 Å². The second-order valence-electron chi connectivity index (χ2n) is 6.23. The number of allylic oxidation sites excluding steroid dienone is 1. The quantitative estimate of drug-likeness (QED) is 0.586. The molecule has 1 aliphatic rings. The predicted molar refractivity (Wildman–Crippen MR) is 75.3 cm³/mol. The molecule has 0 saturated carbocycles. The first-order valence-electron chi connectivity index (χ1n) is 6.75. The summed E-state index contributed by atoms with van der Waals surface area (Å²) in [6, 6.07) is -0.381. The van der Waals surface area contributed by atoms with Crippen LogP contribution >= 0.6 is 0 Å².